The van der Waals surface area contributed by atoms with Crippen molar-refractivity contribution in [3.05, 3.63) is 75.7 Å². The van der Waals surface area contributed by atoms with Crippen LogP contribution in [0, 0.1) is 13.8 Å². The summed E-state index contributed by atoms with van der Waals surface area (Å²) in [6, 6.07) is 12.2. The normalized spacial score (nSPS) is 18.8. The molecule has 0 bridgehead atoms. The number of ether oxygens (including phenoxy) is 1. The van der Waals surface area contributed by atoms with E-state index >= 15 is 0 Å². The van der Waals surface area contributed by atoms with Gasteiger partial charge in [-0.15, -0.1) is 0 Å². The molecule has 3 aromatic rings. The van der Waals surface area contributed by atoms with Crippen LogP contribution in [0.1, 0.15) is 76.6 Å². The van der Waals surface area contributed by atoms with E-state index in [-0.39, 0.29) is 16.9 Å². The number of nitrogens with zero attached hydrogens (tertiary/aromatic N) is 5. The Morgan fingerprint density at radius 2 is 1.68 bits per heavy atom. The lowest BCUT2D eigenvalue weighted by Gasteiger charge is -2.47. The maximum absolute atomic E-state index is 13.9. The van der Waals surface area contributed by atoms with E-state index < -0.39 is 11.5 Å². The number of piperazine rings is 1. The highest BCUT2D eigenvalue weighted by Crippen LogP contribution is 2.44. The van der Waals surface area contributed by atoms with Gasteiger partial charge in [-0.25, -0.2) is 14.8 Å². The van der Waals surface area contributed by atoms with Gasteiger partial charge >= 0.3 is 5.97 Å². The summed E-state index contributed by atoms with van der Waals surface area (Å²) in [6.45, 7) is 15.8. The SMILES string of the molecule is Cc1cc(N2CCN(C(=O)c3ccc4c(n3)C(C)(C)CN4c3ccc4c(c3)COC4)C(C)(C)C2)nc(C)c1C(=O)O. The molecule has 2 aromatic heterocycles. The summed E-state index contributed by atoms with van der Waals surface area (Å²) >= 11 is 0. The van der Waals surface area contributed by atoms with E-state index in [4.69, 9.17) is 9.72 Å². The number of carbonyl (C=O) groups is 2. The summed E-state index contributed by atoms with van der Waals surface area (Å²) in [7, 11) is 0. The van der Waals surface area contributed by atoms with E-state index in [0.717, 1.165) is 29.4 Å². The van der Waals surface area contributed by atoms with E-state index in [1.54, 1.807) is 13.8 Å². The van der Waals surface area contributed by atoms with Crippen molar-refractivity contribution < 1.29 is 19.4 Å². The molecule has 3 aliphatic rings. The lowest BCUT2D eigenvalue weighted by Crippen LogP contribution is -2.61. The number of hydrogen-bond acceptors (Lipinski definition) is 7. The third-order valence-corrected chi connectivity index (χ3v) is 8.66. The van der Waals surface area contributed by atoms with Gasteiger partial charge in [0, 0.05) is 37.3 Å². The number of aromatic nitrogens is 2. The van der Waals surface area contributed by atoms with E-state index in [1.807, 2.05) is 23.1 Å². The van der Waals surface area contributed by atoms with E-state index in [1.165, 1.54) is 11.1 Å². The van der Waals surface area contributed by atoms with Crippen molar-refractivity contribution in [1.82, 2.24) is 14.9 Å². The van der Waals surface area contributed by atoms with E-state index in [0.29, 0.717) is 49.8 Å². The molecule has 0 atom stereocenters. The molecule has 9 heteroatoms. The van der Waals surface area contributed by atoms with Crippen LogP contribution in [0.2, 0.25) is 0 Å². The number of pyridine rings is 2. The highest BCUT2D eigenvalue weighted by molar-refractivity contribution is 5.94. The number of aryl methyl sites for hydroxylation is 2. The molecular weight excluding hydrogens is 518 g/mol. The highest BCUT2D eigenvalue weighted by atomic mass is 16.5. The quantitative estimate of drug-likeness (QED) is 0.481. The van der Waals surface area contributed by atoms with Crippen molar-refractivity contribution in [2.45, 2.75) is 65.7 Å². The lowest BCUT2D eigenvalue weighted by molar-refractivity contribution is 0.0506. The predicted molar refractivity (Wildman–Crippen MR) is 157 cm³/mol. The number of rotatable bonds is 4. The number of carboxylic acid groups (broad SMARTS) is 1. The average Bonchev–Trinajstić information content (AvgIpc) is 3.48. The van der Waals surface area contributed by atoms with E-state index in [2.05, 4.69) is 60.7 Å². The van der Waals surface area contributed by atoms with Crippen molar-refractivity contribution in [2.24, 2.45) is 0 Å². The Bertz CT molecular complexity index is 1560. The molecule has 41 heavy (non-hydrogen) atoms. The second-order valence-electron chi connectivity index (χ2n) is 12.7. The van der Waals surface area contributed by atoms with Crippen LogP contribution in [0.15, 0.2) is 36.4 Å². The number of amides is 1. The van der Waals surface area contributed by atoms with Gasteiger partial charge in [-0.1, -0.05) is 19.9 Å². The zero-order valence-corrected chi connectivity index (χ0v) is 24.6. The van der Waals surface area contributed by atoms with Crippen LogP contribution in [-0.4, -0.2) is 63.6 Å². The van der Waals surface area contributed by atoms with Gasteiger partial charge in [-0.05, 0) is 74.7 Å². The highest BCUT2D eigenvalue weighted by Gasteiger charge is 2.41. The fraction of sp³-hybridized carbons (Fsp3) is 0.438. The van der Waals surface area contributed by atoms with Crippen LogP contribution in [0.4, 0.5) is 17.2 Å². The molecule has 1 saturated heterocycles. The Hall–Kier alpha value is -3.98. The number of hydrogen-bond donors (Lipinski definition) is 1. The van der Waals surface area contributed by atoms with Crippen molar-refractivity contribution in [3.8, 4) is 0 Å². The minimum atomic E-state index is -0.968. The summed E-state index contributed by atoms with van der Waals surface area (Å²) in [5.41, 5.74) is 6.74. The maximum Gasteiger partial charge on any atom is 0.337 e. The summed E-state index contributed by atoms with van der Waals surface area (Å²) in [4.78, 5) is 41.4. The van der Waals surface area contributed by atoms with Crippen molar-refractivity contribution in [3.63, 3.8) is 0 Å². The smallest absolute Gasteiger partial charge is 0.337 e. The summed E-state index contributed by atoms with van der Waals surface area (Å²) in [5, 5.41) is 9.52. The molecule has 214 valence electrons. The molecular formula is C32H37N5O4. The molecule has 5 heterocycles. The zero-order chi connectivity index (χ0) is 29.3. The Labute approximate surface area is 240 Å². The Morgan fingerprint density at radius 3 is 2.39 bits per heavy atom. The topological polar surface area (TPSA) is 99.1 Å². The van der Waals surface area contributed by atoms with Gasteiger partial charge < -0.3 is 24.5 Å². The molecule has 1 amide bonds. The predicted octanol–water partition coefficient (Wildman–Crippen LogP) is 4.99. The van der Waals surface area contributed by atoms with Gasteiger partial charge in [-0.3, -0.25) is 4.79 Å². The first-order valence-corrected chi connectivity index (χ1v) is 14.1. The lowest BCUT2D eigenvalue weighted by atomic mass is 9.91. The second kappa shape index (κ2) is 9.55. The van der Waals surface area contributed by atoms with E-state index in [9.17, 15) is 14.7 Å². The molecule has 0 saturated carbocycles. The van der Waals surface area contributed by atoms with Gasteiger partial charge in [0.25, 0.3) is 5.91 Å². The van der Waals surface area contributed by atoms with Crippen LogP contribution in [0.25, 0.3) is 0 Å². The third-order valence-electron chi connectivity index (χ3n) is 8.66. The summed E-state index contributed by atoms with van der Waals surface area (Å²) in [5.74, 6) is -0.312. The van der Waals surface area contributed by atoms with Gasteiger partial charge in [0.1, 0.15) is 11.5 Å². The van der Waals surface area contributed by atoms with Gasteiger partial charge in [0.15, 0.2) is 0 Å². The molecule has 9 nitrogen and oxygen atoms in total. The maximum atomic E-state index is 13.9. The molecule has 1 aromatic carbocycles. The van der Waals surface area contributed by atoms with Crippen molar-refractivity contribution in [1.29, 1.82) is 0 Å². The first kappa shape index (κ1) is 27.2. The number of fused-ring (bicyclic) bond motifs is 2. The molecule has 1 N–H and O–H groups in total. The van der Waals surface area contributed by atoms with Crippen LogP contribution in [0.3, 0.4) is 0 Å². The van der Waals surface area contributed by atoms with Crippen LogP contribution < -0.4 is 9.80 Å². The van der Waals surface area contributed by atoms with Crippen molar-refractivity contribution >= 4 is 29.1 Å². The first-order valence-electron chi connectivity index (χ1n) is 14.1. The first-order chi connectivity index (χ1) is 19.4. The van der Waals surface area contributed by atoms with Crippen molar-refractivity contribution in [2.75, 3.05) is 36.0 Å². The van der Waals surface area contributed by atoms with Crippen LogP contribution >= 0.6 is 0 Å². The molecule has 3 aliphatic heterocycles. The average molecular weight is 556 g/mol. The number of benzene rings is 1. The molecule has 0 spiro atoms. The zero-order valence-electron chi connectivity index (χ0n) is 24.6. The van der Waals surface area contributed by atoms with Gasteiger partial charge in [-0.2, -0.15) is 0 Å². The number of aromatic carboxylic acids is 1. The second-order valence-corrected chi connectivity index (χ2v) is 12.7. The monoisotopic (exact) mass is 555 g/mol. The fourth-order valence-electron chi connectivity index (χ4n) is 6.56. The Morgan fingerprint density at radius 1 is 0.927 bits per heavy atom. The number of anilines is 3. The minimum Gasteiger partial charge on any atom is -0.478 e. The molecule has 1 fully saturated rings. The number of carbonyl (C=O) groups excluding carboxylic acids is 1. The molecule has 0 radical (unpaired) electrons. The van der Waals surface area contributed by atoms with Gasteiger partial charge in [0.2, 0.25) is 0 Å². The molecule has 6 rings (SSSR count). The third kappa shape index (κ3) is 4.62. The minimum absolute atomic E-state index is 0.0806. The molecule has 0 aliphatic carbocycles. The fourth-order valence-corrected chi connectivity index (χ4v) is 6.56. The Kier molecular flexibility index (Phi) is 6.33. The summed E-state index contributed by atoms with van der Waals surface area (Å²) < 4.78 is 5.61. The molecule has 0 unspecified atom stereocenters. The van der Waals surface area contributed by atoms with Gasteiger partial charge in [0.05, 0.1) is 41.4 Å². The largest absolute Gasteiger partial charge is 0.478 e. The van der Waals surface area contributed by atoms with Crippen LogP contribution in [0.5, 0.6) is 0 Å². The Balaban J connectivity index is 1.24. The standard InChI is InChI=1S/C32H37N5O4/c1-19-13-26(33-20(2)27(19)30(39)40)35-11-12-37(32(5,6)18-35)29(38)24-9-10-25-28(34-24)31(3,4)17-36(25)23-8-7-21-15-41-16-22(21)14-23/h7-10,13-14H,11-12,15-18H2,1-6H3,(H,39,40). The van der Waals surface area contributed by atoms with Crippen LogP contribution in [-0.2, 0) is 23.4 Å². The number of carboxylic acids is 1. The summed E-state index contributed by atoms with van der Waals surface area (Å²) in [6.07, 6.45) is 0.